The molecule has 23 heavy (non-hydrogen) atoms. The summed E-state index contributed by atoms with van der Waals surface area (Å²) in [4.78, 5) is 2.69. The Morgan fingerprint density at radius 1 is 1.22 bits per heavy atom. The summed E-state index contributed by atoms with van der Waals surface area (Å²) >= 11 is 0. The first-order valence-corrected chi connectivity index (χ1v) is 9.61. The van der Waals surface area contributed by atoms with Crippen molar-refractivity contribution >= 4 is 0 Å². The maximum absolute atomic E-state index is 5.58. The lowest BCUT2D eigenvalue weighted by Crippen LogP contribution is -2.30. The van der Waals surface area contributed by atoms with Crippen LogP contribution in [0.5, 0.6) is 0 Å². The van der Waals surface area contributed by atoms with Crippen LogP contribution in [0.3, 0.4) is 0 Å². The van der Waals surface area contributed by atoms with E-state index >= 15 is 0 Å². The zero-order chi connectivity index (χ0) is 15.7. The second-order valence-electron chi connectivity index (χ2n) is 8.04. The molecule has 1 aromatic carbocycles. The van der Waals surface area contributed by atoms with E-state index < -0.39 is 0 Å². The van der Waals surface area contributed by atoms with Crippen LogP contribution in [0.2, 0.25) is 0 Å². The summed E-state index contributed by atoms with van der Waals surface area (Å²) in [6.45, 7) is 4.02. The van der Waals surface area contributed by atoms with Gasteiger partial charge in [-0.3, -0.25) is 0 Å². The van der Waals surface area contributed by atoms with Crippen LogP contribution in [0.15, 0.2) is 24.3 Å². The van der Waals surface area contributed by atoms with Gasteiger partial charge in [0.1, 0.15) is 0 Å². The van der Waals surface area contributed by atoms with Crippen LogP contribution >= 0.6 is 0 Å². The Kier molecular flexibility index (Phi) is 4.20. The smallest absolute Gasteiger partial charge is 0.0245 e. The maximum Gasteiger partial charge on any atom is 0.0245 e. The minimum absolute atomic E-state index is 0.503. The zero-order valence-electron chi connectivity index (χ0n) is 14.3. The molecular weight excluding hydrogens is 278 g/mol. The quantitative estimate of drug-likeness (QED) is 0.719. The highest BCUT2D eigenvalue weighted by atomic mass is 15.1. The summed E-state index contributed by atoms with van der Waals surface area (Å²) in [7, 11) is 0. The van der Waals surface area contributed by atoms with Gasteiger partial charge in [0.05, 0.1) is 0 Å². The SMILES string of the molecule is C#Cc1cccc([C@]23CCC(CCCN4CCCCC4)[C@H]2C3)c1. The van der Waals surface area contributed by atoms with Gasteiger partial charge >= 0.3 is 0 Å². The molecule has 2 aliphatic carbocycles. The third-order valence-electron chi connectivity index (χ3n) is 6.77. The van der Waals surface area contributed by atoms with Gasteiger partial charge in [-0.2, -0.15) is 0 Å². The van der Waals surface area contributed by atoms with Crippen molar-refractivity contribution in [1.82, 2.24) is 4.90 Å². The number of hydrogen-bond donors (Lipinski definition) is 0. The van der Waals surface area contributed by atoms with Gasteiger partial charge in [-0.05, 0) is 99.5 Å². The molecule has 1 aliphatic heterocycles. The third kappa shape index (κ3) is 2.94. The highest BCUT2D eigenvalue weighted by Crippen LogP contribution is 2.67. The fourth-order valence-corrected chi connectivity index (χ4v) is 5.38. The van der Waals surface area contributed by atoms with Crippen molar-refractivity contribution in [2.24, 2.45) is 11.8 Å². The fraction of sp³-hybridized carbons (Fsp3) is 0.636. The van der Waals surface area contributed by atoms with Gasteiger partial charge in [-0.25, -0.2) is 0 Å². The molecule has 0 spiro atoms. The van der Waals surface area contributed by atoms with Gasteiger partial charge in [-0.1, -0.05) is 24.5 Å². The highest BCUT2D eigenvalue weighted by molar-refractivity contribution is 5.43. The molecule has 0 aromatic heterocycles. The molecule has 3 fully saturated rings. The third-order valence-corrected chi connectivity index (χ3v) is 6.77. The van der Waals surface area contributed by atoms with Crippen molar-refractivity contribution in [1.29, 1.82) is 0 Å². The normalized spacial score (nSPS) is 33.2. The van der Waals surface area contributed by atoms with Crippen molar-refractivity contribution in [3.8, 4) is 12.3 Å². The Balaban J connectivity index is 1.31. The Bertz CT molecular complexity index is 592. The maximum atomic E-state index is 5.58. The van der Waals surface area contributed by atoms with Crippen molar-refractivity contribution in [2.75, 3.05) is 19.6 Å². The van der Waals surface area contributed by atoms with Crippen LogP contribution in [0.4, 0.5) is 0 Å². The number of benzene rings is 1. The van der Waals surface area contributed by atoms with E-state index in [9.17, 15) is 0 Å². The molecule has 0 radical (unpaired) electrons. The molecule has 1 nitrogen and oxygen atoms in total. The summed E-state index contributed by atoms with van der Waals surface area (Å²) in [5.74, 6) is 4.71. The van der Waals surface area contributed by atoms with Crippen LogP contribution < -0.4 is 0 Å². The predicted molar refractivity (Wildman–Crippen MR) is 96.4 cm³/mol. The number of terminal acetylenes is 1. The molecule has 3 atom stereocenters. The van der Waals surface area contributed by atoms with E-state index in [4.69, 9.17) is 6.42 Å². The first kappa shape index (κ1) is 15.3. The second-order valence-corrected chi connectivity index (χ2v) is 8.04. The lowest BCUT2D eigenvalue weighted by Gasteiger charge is -2.26. The van der Waals surface area contributed by atoms with Gasteiger partial charge in [0.2, 0.25) is 0 Å². The summed E-state index contributed by atoms with van der Waals surface area (Å²) in [6.07, 6.45) is 16.9. The van der Waals surface area contributed by atoms with E-state index in [-0.39, 0.29) is 0 Å². The molecule has 0 bridgehead atoms. The highest BCUT2D eigenvalue weighted by Gasteiger charge is 2.61. The number of rotatable bonds is 5. The van der Waals surface area contributed by atoms with Gasteiger partial charge in [0.15, 0.2) is 0 Å². The fourth-order valence-electron chi connectivity index (χ4n) is 5.38. The minimum Gasteiger partial charge on any atom is -0.303 e. The number of piperidine rings is 1. The Hall–Kier alpha value is -1.26. The Morgan fingerprint density at radius 3 is 2.87 bits per heavy atom. The Labute approximate surface area is 141 Å². The minimum atomic E-state index is 0.503. The average Bonchev–Trinajstić information content (AvgIpc) is 3.25. The van der Waals surface area contributed by atoms with Gasteiger partial charge < -0.3 is 4.90 Å². The summed E-state index contributed by atoms with van der Waals surface area (Å²) in [6, 6.07) is 8.80. The standard InChI is InChI=1S/C22H29N/c1-2-18-8-6-10-20(16-18)22-12-11-19(21(22)17-22)9-7-15-23-13-4-3-5-14-23/h1,6,8,10,16,19,21H,3-5,7,9,11-15,17H2/t19?,21-,22-/m1/s1. The Morgan fingerprint density at radius 2 is 2.09 bits per heavy atom. The number of nitrogens with zero attached hydrogens (tertiary/aromatic N) is 1. The summed E-state index contributed by atoms with van der Waals surface area (Å²) in [5, 5.41) is 0. The second kappa shape index (κ2) is 6.33. The van der Waals surface area contributed by atoms with Crippen LogP contribution in [-0.2, 0) is 5.41 Å². The number of fused-ring (bicyclic) bond motifs is 1. The molecule has 1 saturated heterocycles. The topological polar surface area (TPSA) is 3.24 Å². The van der Waals surface area contributed by atoms with Gasteiger partial charge in [0, 0.05) is 5.56 Å². The molecule has 1 aromatic rings. The van der Waals surface area contributed by atoms with Gasteiger partial charge in [-0.15, -0.1) is 6.42 Å². The largest absolute Gasteiger partial charge is 0.303 e. The first-order valence-electron chi connectivity index (χ1n) is 9.61. The molecule has 122 valence electrons. The molecule has 4 rings (SSSR count). The molecule has 1 heteroatoms. The first-order chi connectivity index (χ1) is 11.3. The van der Waals surface area contributed by atoms with E-state index in [1.54, 1.807) is 0 Å². The zero-order valence-corrected chi connectivity index (χ0v) is 14.3. The van der Waals surface area contributed by atoms with Crippen LogP contribution in [-0.4, -0.2) is 24.5 Å². The van der Waals surface area contributed by atoms with Gasteiger partial charge in [0.25, 0.3) is 0 Å². The van der Waals surface area contributed by atoms with E-state index in [0.717, 1.165) is 17.4 Å². The van der Waals surface area contributed by atoms with Crippen molar-refractivity contribution in [3.05, 3.63) is 35.4 Å². The molecule has 1 heterocycles. The molecule has 0 N–H and O–H groups in total. The van der Waals surface area contributed by atoms with E-state index in [0.29, 0.717) is 5.41 Å². The lowest BCUT2D eigenvalue weighted by molar-refractivity contribution is 0.218. The van der Waals surface area contributed by atoms with Crippen molar-refractivity contribution in [2.45, 2.75) is 56.8 Å². The molecule has 2 saturated carbocycles. The molecular formula is C22H29N. The molecule has 1 unspecified atom stereocenters. The van der Waals surface area contributed by atoms with Crippen LogP contribution in [0.25, 0.3) is 0 Å². The number of likely N-dealkylation sites (tertiary alicyclic amines) is 1. The number of hydrogen-bond acceptors (Lipinski definition) is 1. The average molecular weight is 307 g/mol. The van der Waals surface area contributed by atoms with E-state index in [1.165, 1.54) is 76.6 Å². The van der Waals surface area contributed by atoms with Crippen molar-refractivity contribution < 1.29 is 0 Å². The monoisotopic (exact) mass is 307 g/mol. The lowest BCUT2D eigenvalue weighted by atomic mass is 9.92. The van der Waals surface area contributed by atoms with Crippen LogP contribution in [0.1, 0.15) is 62.5 Å². The molecule has 3 aliphatic rings. The van der Waals surface area contributed by atoms with Crippen molar-refractivity contribution in [3.63, 3.8) is 0 Å². The van der Waals surface area contributed by atoms with E-state index in [1.807, 2.05) is 0 Å². The predicted octanol–water partition coefficient (Wildman–Crippen LogP) is 4.60. The molecule has 0 amide bonds. The van der Waals surface area contributed by atoms with Crippen LogP contribution in [0, 0.1) is 24.2 Å². The van der Waals surface area contributed by atoms with E-state index in [2.05, 4.69) is 35.1 Å². The summed E-state index contributed by atoms with van der Waals surface area (Å²) in [5.41, 5.74) is 3.08. The summed E-state index contributed by atoms with van der Waals surface area (Å²) < 4.78 is 0.